The van der Waals surface area contributed by atoms with Gasteiger partial charge in [0.2, 0.25) is 5.91 Å². The molecule has 42 heavy (non-hydrogen) atoms. The van der Waals surface area contributed by atoms with Crippen LogP contribution in [0.2, 0.25) is 0 Å². The molecule has 1 amide bonds. The number of piperidine rings is 1. The third-order valence-electron chi connectivity index (χ3n) is 9.04. The number of Topliss-reactive ketones (excluding diaryl/α,β-unsaturated/α-hetero) is 2. The van der Waals surface area contributed by atoms with E-state index in [2.05, 4.69) is 34.1 Å². The summed E-state index contributed by atoms with van der Waals surface area (Å²) in [6, 6.07) is 14.0. The van der Waals surface area contributed by atoms with Crippen molar-refractivity contribution in [3.63, 3.8) is 0 Å². The molecule has 4 aromatic rings. The van der Waals surface area contributed by atoms with Gasteiger partial charge in [-0.25, -0.2) is 9.97 Å². The molecule has 0 radical (unpaired) electrons. The highest BCUT2D eigenvalue weighted by molar-refractivity contribution is 6.07. The lowest BCUT2D eigenvalue weighted by atomic mass is 9.96. The van der Waals surface area contributed by atoms with Gasteiger partial charge < -0.3 is 4.90 Å². The fraction of sp³-hybridized carbons (Fsp3) is 0.412. The molecular formula is C34H37N5O3. The maximum atomic E-state index is 13.9. The molecule has 0 N–H and O–H groups in total. The summed E-state index contributed by atoms with van der Waals surface area (Å²) in [5.41, 5.74) is 5.02. The number of ketones is 2. The monoisotopic (exact) mass is 563 g/mol. The van der Waals surface area contributed by atoms with Crippen LogP contribution in [0.4, 0.5) is 0 Å². The van der Waals surface area contributed by atoms with E-state index >= 15 is 0 Å². The Morgan fingerprint density at radius 2 is 1.71 bits per heavy atom. The molecule has 8 nitrogen and oxygen atoms in total. The van der Waals surface area contributed by atoms with E-state index in [1.54, 1.807) is 17.1 Å². The summed E-state index contributed by atoms with van der Waals surface area (Å²) < 4.78 is 1.65. The van der Waals surface area contributed by atoms with Gasteiger partial charge in [0, 0.05) is 42.7 Å². The maximum Gasteiger partial charge on any atom is 0.245 e. The van der Waals surface area contributed by atoms with Gasteiger partial charge in [0.25, 0.3) is 0 Å². The molecule has 3 atom stereocenters. The first kappa shape index (κ1) is 27.9. The number of fused-ring (bicyclic) bond motifs is 2. The van der Waals surface area contributed by atoms with Crippen molar-refractivity contribution in [1.29, 1.82) is 0 Å². The van der Waals surface area contributed by atoms with Crippen molar-refractivity contribution in [3.8, 4) is 11.1 Å². The molecule has 6 rings (SSSR count). The fourth-order valence-electron chi connectivity index (χ4n) is 6.67. The molecule has 1 saturated heterocycles. The van der Waals surface area contributed by atoms with Crippen LogP contribution in [0.5, 0.6) is 0 Å². The summed E-state index contributed by atoms with van der Waals surface area (Å²) in [6.07, 6.45) is 8.37. The SMILES string of the molecule is CC(=O)c1nn(CC(=O)N2[C@H](C(=O)CCCCc3ccccc3)C[C@@]3(C)C[C@@H]23)c2c(C)cc(-c3cnc(C)nc3)cc12. The van der Waals surface area contributed by atoms with Gasteiger partial charge in [-0.3, -0.25) is 19.1 Å². The largest absolute Gasteiger partial charge is 0.327 e. The first-order valence-corrected chi connectivity index (χ1v) is 14.8. The molecule has 2 aromatic carbocycles. The smallest absolute Gasteiger partial charge is 0.245 e. The first-order valence-electron chi connectivity index (χ1n) is 14.8. The van der Waals surface area contributed by atoms with Crippen LogP contribution in [0.15, 0.2) is 54.9 Å². The molecule has 2 fully saturated rings. The summed E-state index contributed by atoms with van der Waals surface area (Å²) in [7, 11) is 0. The number of benzene rings is 2. The molecule has 1 aliphatic carbocycles. The summed E-state index contributed by atoms with van der Waals surface area (Å²) in [5, 5.41) is 5.33. The fourth-order valence-corrected chi connectivity index (χ4v) is 6.67. The van der Waals surface area contributed by atoms with Crippen molar-refractivity contribution in [1.82, 2.24) is 24.6 Å². The summed E-state index contributed by atoms with van der Waals surface area (Å²) in [5.74, 6) is 0.562. The highest BCUT2D eigenvalue weighted by Gasteiger charge is 2.64. The topological polar surface area (TPSA) is 98.1 Å². The summed E-state index contributed by atoms with van der Waals surface area (Å²) in [4.78, 5) is 50.4. The van der Waals surface area contributed by atoms with Gasteiger partial charge in [0.1, 0.15) is 18.1 Å². The molecule has 1 saturated carbocycles. The predicted octanol–water partition coefficient (Wildman–Crippen LogP) is 5.67. The minimum atomic E-state index is -0.388. The van der Waals surface area contributed by atoms with E-state index in [-0.39, 0.29) is 41.5 Å². The van der Waals surface area contributed by atoms with Crippen LogP contribution in [0, 0.1) is 19.3 Å². The van der Waals surface area contributed by atoms with E-state index in [9.17, 15) is 14.4 Å². The molecule has 2 aromatic heterocycles. The minimum absolute atomic E-state index is 0.0116. The summed E-state index contributed by atoms with van der Waals surface area (Å²) in [6.45, 7) is 7.46. The van der Waals surface area contributed by atoms with Crippen molar-refractivity contribution in [2.75, 3.05) is 0 Å². The molecule has 0 bridgehead atoms. The Kier molecular flexibility index (Phi) is 7.25. The van der Waals surface area contributed by atoms with E-state index < -0.39 is 0 Å². The Labute approximate surface area is 246 Å². The molecule has 3 heterocycles. The highest BCUT2D eigenvalue weighted by Crippen LogP contribution is 2.59. The zero-order chi connectivity index (χ0) is 29.6. The molecule has 8 heteroatoms. The second kappa shape index (κ2) is 10.9. The third kappa shape index (κ3) is 5.26. The maximum absolute atomic E-state index is 13.9. The van der Waals surface area contributed by atoms with Gasteiger partial charge in [0.05, 0.1) is 11.6 Å². The van der Waals surface area contributed by atoms with Gasteiger partial charge in [-0.15, -0.1) is 0 Å². The summed E-state index contributed by atoms with van der Waals surface area (Å²) >= 11 is 0. The standard InChI is InChI=1S/C34H37N5O3/c1-21-14-25(26-18-35-23(3)36-19-26)15-27-32(22(2)40)37-38(33(21)27)20-31(42)39-28(16-34(4)17-30(34)39)29(41)13-9-8-12-24-10-6-5-7-11-24/h5-7,10-11,14-15,18-19,28,30H,8-9,12-13,16-17,20H2,1-4H3/t28-,30+,34-/m0/s1. The van der Waals surface area contributed by atoms with Crippen LogP contribution in [0.3, 0.4) is 0 Å². The number of amides is 1. The second-order valence-electron chi connectivity index (χ2n) is 12.3. The zero-order valence-corrected chi connectivity index (χ0v) is 24.8. The van der Waals surface area contributed by atoms with E-state index in [1.807, 2.05) is 49.1 Å². The second-order valence-corrected chi connectivity index (χ2v) is 12.3. The van der Waals surface area contributed by atoms with Crippen molar-refractivity contribution < 1.29 is 14.4 Å². The van der Waals surface area contributed by atoms with Crippen molar-refractivity contribution in [2.45, 2.75) is 84.8 Å². The lowest BCUT2D eigenvalue weighted by Crippen LogP contribution is -2.44. The average Bonchev–Trinajstić information content (AvgIpc) is 3.32. The number of carbonyl (C=O) groups is 3. The van der Waals surface area contributed by atoms with E-state index in [0.29, 0.717) is 23.3 Å². The number of rotatable bonds is 10. The number of hydrogen-bond acceptors (Lipinski definition) is 6. The minimum Gasteiger partial charge on any atom is -0.327 e. The Hall–Kier alpha value is -4.20. The van der Waals surface area contributed by atoms with E-state index in [0.717, 1.165) is 54.3 Å². The highest BCUT2D eigenvalue weighted by atomic mass is 16.2. The Bertz CT molecular complexity index is 1680. The van der Waals surface area contributed by atoms with E-state index in [1.165, 1.54) is 12.5 Å². The van der Waals surface area contributed by atoms with Gasteiger partial charge in [-0.1, -0.05) is 37.3 Å². The Balaban J connectivity index is 1.21. The number of nitrogens with zero attached hydrogens (tertiary/aromatic N) is 5. The number of hydrogen-bond donors (Lipinski definition) is 0. The molecule has 216 valence electrons. The average molecular weight is 564 g/mol. The number of aromatic nitrogens is 4. The van der Waals surface area contributed by atoms with Crippen LogP contribution in [0.1, 0.15) is 73.4 Å². The number of likely N-dealkylation sites (tertiary alicyclic amines) is 1. The van der Waals surface area contributed by atoms with Crippen LogP contribution >= 0.6 is 0 Å². The molecule has 1 aliphatic heterocycles. The van der Waals surface area contributed by atoms with Crippen LogP contribution in [-0.4, -0.2) is 54.2 Å². The van der Waals surface area contributed by atoms with Crippen molar-refractivity contribution in [2.24, 2.45) is 5.41 Å². The van der Waals surface area contributed by atoms with Gasteiger partial charge in [-0.2, -0.15) is 5.10 Å². The van der Waals surface area contributed by atoms with Crippen LogP contribution in [-0.2, 0) is 22.6 Å². The van der Waals surface area contributed by atoms with Crippen molar-refractivity contribution in [3.05, 3.63) is 77.5 Å². The van der Waals surface area contributed by atoms with Crippen LogP contribution < -0.4 is 0 Å². The lowest BCUT2D eigenvalue weighted by Gasteiger charge is -2.27. The van der Waals surface area contributed by atoms with Gasteiger partial charge in [-0.05, 0) is 80.2 Å². The number of carbonyl (C=O) groups excluding carboxylic acids is 3. The van der Waals surface area contributed by atoms with Crippen LogP contribution in [0.25, 0.3) is 22.0 Å². The number of unbranched alkanes of at least 4 members (excludes halogenated alkanes) is 1. The van der Waals surface area contributed by atoms with E-state index in [4.69, 9.17) is 0 Å². The molecular weight excluding hydrogens is 526 g/mol. The predicted molar refractivity (Wildman–Crippen MR) is 161 cm³/mol. The zero-order valence-electron chi connectivity index (χ0n) is 24.8. The lowest BCUT2D eigenvalue weighted by molar-refractivity contribution is -0.139. The van der Waals surface area contributed by atoms with Gasteiger partial charge in [0.15, 0.2) is 11.6 Å². The molecule has 0 unspecified atom stereocenters. The Morgan fingerprint density at radius 1 is 0.976 bits per heavy atom. The normalized spacial score (nSPS) is 21.0. The van der Waals surface area contributed by atoms with Crippen molar-refractivity contribution >= 4 is 28.4 Å². The number of aryl methyl sites for hydroxylation is 3. The molecule has 0 spiro atoms. The molecule has 2 aliphatic rings. The first-order chi connectivity index (χ1) is 20.1. The third-order valence-corrected chi connectivity index (χ3v) is 9.04. The van der Waals surface area contributed by atoms with Gasteiger partial charge >= 0.3 is 0 Å². The quantitative estimate of drug-likeness (QED) is 0.182. The Morgan fingerprint density at radius 3 is 2.43 bits per heavy atom.